The van der Waals surface area contributed by atoms with Gasteiger partial charge in [0, 0.05) is 11.3 Å². The van der Waals surface area contributed by atoms with Crippen LogP contribution in [0, 0.1) is 11.3 Å². The van der Waals surface area contributed by atoms with Gasteiger partial charge in [-0.1, -0.05) is 6.92 Å². The number of carbonyl (C=O) groups excluding carboxylic acids is 1. The highest BCUT2D eigenvalue weighted by Crippen LogP contribution is 2.26. The minimum Gasteiger partial charge on any atom is -0.396 e. The first kappa shape index (κ1) is 11.6. The van der Waals surface area contributed by atoms with Crippen molar-refractivity contribution < 1.29 is 20.1 Å². The average Bonchev–Trinajstić information content (AvgIpc) is 2.08. The topological polar surface area (TPSA) is 77.8 Å². The summed E-state index contributed by atoms with van der Waals surface area (Å²) >= 11 is 0. The van der Waals surface area contributed by atoms with E-state index in [-0.39, 0.29) is 25.6 Å². The van der Waals surface area contributed by atoms with Crippen molar-refractivity contribution in [3.05, 3.63) is 0 Å². The highest BCUT2D eigenvalue weighted by atomic mass is 16.3. The predicted molar refractivity (Wildman–Crippen MR) is 43.5 cm³/mol. The molecule has 4 heteroatoms. The molecule has 0 aromatic rings. The van der Waals surface area contributed by atoms with E-state index >= 15 is 0 Å². The zero-order valence-corrected chi connectivity index (χ0v) is 7.45. The van der Waals surface area contributed by atoms with Crippen LogP contribution in [0.1, 0.15) is 13.8 Å². The van der Waals surface area contributed by atoms with Gasteiger partial charge in [0.25, 0.3) is 0 Å². The second kappa shape index (κ2) is 4.54. The zero-order valence-electron chi connectivity index (χ0n) is 7.45. The molecule has 12 heavy (non-hydrogen) atoms. The third-order valence-corrected chi connectivity index (χ3v) is 2.47. The largest absolute Gasteiger partial charge is 0.396 e. The first-order valence-electron chi connectivity index (χ1n) is 3.87. The summed E-state index contributed by atoms with van der Waals surface area (Å²) in [5, 5.41) is 26.8. The van der Waals surface area contributed by atoms with Crippen molar-refractivity contribution >= 4 is 5.78 Å². The predicted octanol–water partition coefficient (Wildman–Crippen LogP) is -0.825. The molecule has 0 aliphatic rings. The number of rotatable bonds is 5. The molecule has 0 aromatic carbocycles. The fourth-order valence-corrected chi connectivity index (χ4v) is 0.992. The Morgan fingerprint density at radius 2 is 1.58 bits per heavy atom. The van der Waals surface area contributed by atoms with Crippen LogP contribution in [-0.4, -0.2) is 40.9 Å². The van der Waals surface area contributed by atoms with E-state index in [0.717, 1.165) is 0 Å². The third-order valence-electron chi connectivity index (χ3n) is 2.47. The van der Waals surface area contributed by atoms with Gasteiger partial charge in [0.1, 0.15) is 5.78 Å². The third kappa shape index (κ3) is 2.03. The first-order chi connectivity index (χ1) is 5.54. The molecule has 0 aliphatic heterocycles. The Morgan fingerprint density at radius 1 is 1.25 bits per heavy atom. The summed E-state index contributed by atoms with van der Waals surface area (Å²) in [7, 11) is 0. The Labute approximate surface area is 71.8 Å². The lowest BCUT2D eigenvalue weighted by Crippen LogP contribution is -2.43. The Bertz CT molecular complexity index is 143. The molecule has 3 N–H and O–H groups in total. The number of hydrogen-bond donors (Lipinski definition) is 3. The molecule has 0 rings (SSSR count). The van der Waals surface area contributed by atoms with Gasteiger partial charge in [0.05, 0.1) is 19.8 Å². The number of aliphatic hydroxyl groups is 3. The Hall–Kier alpha value is -0.450. The van der Waals surface area contributed by atoms with Crippen LogP contribution in [0.25, 0.3) is 0 Å². The normalized spacial score (nSPS) is 14.4. The fraction of sp³-hybridized carbons (Fsp3) is 0.875. The van der Waals surface area contributed by atoms with Crippen molar-refractivity contribution in [3.8, 4) is 0 Å². The number of carbonyl (C=O) groups is 1. The van der Waals surface area contributed by atoms with Crippen LogP contribution < -0.4 is 0 Å². The van der Waals surface area contributed by atoms with Crippen LogP contribution >= 0.6 is 0 Å². The van der Waals surface area contributed by atoms with E-state index in [1.54, 1.807) is 6.92 Å². The monoisotopic (exact) mass is 176 g/mol. The van der Waals surface area contributed by atoms with Gasteiger partial charge in [-0.05, 0) is 6.92 Å². The van der Waals surface area contributed by atoms with Crippen LogP contribution in [0.4, 0.5) is 0 Å². The minimum absolute atomic E-state index is 0.146. The smallest absolute Gasteiger partial charge is 0.133 e. The van der Waals surface area contributed by atoms with E-state index in [1.165, 1.54) is 6.92 Å². The fourth-order valence-electron chi connectivity index (χ4n) is 0.992. The zero-order chi connectivity index (χ0) is 9.78. The van der Waals surface area contributed by atoms with Crippen LogP contribution in [0.5, 0.6) is 0 Å². The maximum atomic E-state index is 10.9. The summed E-state index contributed by atoms with van der Waals surface area (Å²) in [4.78, 5) is 10.9. The molecule has 0 saturated heterocycles. The van der Waals surface area contributed by atoms with E-state index in [4.69, 9.17) is 15.3 Å². The Morgan fingerprint density at radius 3 is 1.67 bits per heavy atom. The molecule has 72 valence electrons. The van der Waals surface area contributed by atoms with Gasteiger partial charge in [-0.15, -0.1) is 0 Å². The second-order valence-corrected chi connectivity index (χ2v) is 3.17. The maximum absolute atomic E-state index is 10.9. The summed E-state index contributed by atoms with van der Waals surface area (Å²) in [5.41, 5.74) is -1.08. The quantitative estimate of drug-likeness (QED) is 0.511. The number of Topliss-reactive ketones (excluding diaryl/α,β-unsaturated/α-hetero) is 1. The van der Waals surface area contributed by atoms with Crippen molar-refractivity contribution in [1.29, 1.82) is 0 Å². The van der Waals surface area contributed by atoms with E-state index in [0.29, 0.717) is 0 Å². The van der Waals surface area contributed by atoms with E-state index in [1.807, 2.05) is 0 Å². The van der Waals surface area contributed by atoms with Crippen LogP contribution in [0.2, 0.25) is 0 Å². The first-order valence-corrected chi connectivity index (χ1v) is 3.87. The minimum atomic E-state index is -1.08. The molecule has 0 radical (unpaired) electrons. The lowest BCUT2D eigenvalue weighted by atomic mass is 9.76. The summed E-state index contributed by atoms with van der Waals surface area (Å²) in [6.45, 7) is 1.80. The lowest BCUT2D eigenvalue weighted by Gasteiger charge is -2.32. The van der Waals surface area contributed by atoms with Gasteiger partial charge < -0.3 is 15.3 Å². The second-order valence-electron chi connectivity index (χ2n) is 3.17. The van der Waals surface area contributed by atoms with Gasteiger partial charge in [0.2, 0.25) is 0 Å². The van der Waals surface area contributed by atoms with Crippen LogP contribution in [0.3, 0.4) is 0 Å². The van der Waals surface area contributed by atoms with Crippen LogP contribution in [0.15, 0.2) is 0 Å². The van der Waals surface area contributed by atoms with Gasteiger partial charge in [-0.2, -0.15) is 0 Å². The van der Waals surface area contributed by atoms with E-state index in [2.05, 4.69) is 0 Å². The molecular weight excluding hydrogens is 160 g/mol. The molecule has 4 nitrogen and oxygen atoms in total. The SMILES string of the molecule is CC(=O)C(C)C(CO)(CO)CO. The summed E-state index contributed by atoms with van der Waals surface area (Å²) < 4.78 is 0. The van der Waals surface area contributed by atoms with Gasteiger partial charge in [0.15, 0.2) is 0 Å². The van der Waals surface area contributed by atoms with Crippen molar-refractivity contribution in [2.75, 3.05) is 19.8 Å². The molecule has 0 saturated carbocycles. The van der Waals surface area contributed by atoms with Crippen molar-refractivity contribution in [3.63, 3.8) is 0 Å². The average molecular weight is 176 g/mol. The molecular formula is C8H16O4. The number of aliphatic hydroxyl groups excluding tert-OH is 3. The van der Waals surface area contributed by atoms with Gasteiger partial charge in [-0.3, -0.25) is 4.79 Å². The molecule has 1 atom stereocenters. The molecule has 1 unspecified atom stereocenters. The lowest BCUT2D eigenvalue weighted by molar-refractivity contribution is -0.130. The molecule has 0 aromatic heterocycles. The Balaban J connectivity index is 4.58. The van der Waals surface area contributed by atoms with E-state index in [9.17, 15) is 4.79 Å². The van der Waals surface area contributed by atoms with Crippen molar-refractivity contribution in [2.45, 2.75) is 13.8 Å². The Kier molecular flexibility index (Phi) is 4.37. The number of hydrogen-bond acceptors (Lipinski definition) is 4. The summed E-state index contributed by atoms with van der Waals surface area (Å²) in [6, 6.07) is 0. The molecule has 0 fully saturated rings. The molecule has 0 bridgehead atoms. The van der Waals surface area contributed by atoms with Crippen molar-refractivity contribution in [2.24, 2.45) is 11.3 Å². The highest BCUT2D eigenvalue weighted by Gasteiger charge is 2.37. The molecule has 0 aliphatic carbocycles. The number of ketones is 1. The van der Waals surface area contributed by atoms with Gasteiger partial charge in [-0.25, -0.2) is 0 Å². The maximum Gasteiger partial charge on any atom is 0.133 e. The van der Waals surface area contributed by atoms with Crippen LogP contribution in [-0.2, 0) is 4.79 Å². The molecule has 0 spiro atoms. The standard InChI is InChI=1S/C8H16O4/c1-6(7(2)12)8(3-9,4-10)5-11/h6,9-11H,3-5H2,1-2H3. The highest BCUT2D eigenvalue weighted by molar-refractivity contribution is 5.78. The summed E-state index contributed by atoms with van der Waals surface area (Å²) in [5.74, 6) is -0.676. The molecule has 0 heterocycles. The van der Waals surface area contributed by atoms with E-state index < -0.39 is 11.3 Å². The van der Waals surface area contributed by atoms with Gasteiger partial charge >= 0.3 is 0 Å². The molecule has 0 amide bonds. The summed E-state index contributed by atoms with van der Waals surface area (Å²) in [6.07, 6.45) is 0. The van der Waals surface area contributed by atoms with Crippen molar-refractivity contribution in [1.82, 2.24) is 0 Å².